The van der Waals surface area contributed by atoms with Gasteiger partial charge in [0.05, 0.1) is 28.3 Å². The lowest BCUT2D eigenvalue weighted by molar-refractivity contribution is -0.0290. The van der Waals surface area contributed by atoms with Gasteiger partial charge in [-0.15, -0.1) is 22.7 Å². The standard InChI is InChI=1S/C20H30N4O2S2/c1-14(2)11-24-8-9-26-16(12-24)10-22-20(25)21-7-6-17-4-5-19(28-17)18-13-27-15(3)23-18/h4-5,13-14,16H,6-12H2,1-3H3,(H2,21,22,25). The molecule has 2 amide bonds. The van der Waals surface area contributed by atoms with Crippen molar-refractivity contribution in [3.8, 4) is 10.6 Å². The van der Waals surface area contributed by atoms with E-state index in [9.17, 15) is 4.79 Å². The van der Waals surface area contributed by atoms with Gasteiger partial charge >= 0.3 is 6.03 Å². The van der Waals surface area contributed by atoms with Crippen LogP contribution < -0.4 is 10.6 Å². The summed E-state index contributed by atoms with van der Waals surface area (Å²) in [5, 5.41) is 9.05. The van der Waals surface area contributed by atoms with Gasteiger partial charge in [-0.3, -0.25) is 4.90 Å². The zero-order chi connectivity index (χ0) is 19.9. The van der Waals surface area contributed by atoms with E-state index in [-0.39, 0.29) is 12.1 Å². The Kier molecular flexibility index (Phi) is 7.84. The normalized spacial score (nSPS) is 17.8. The van der Waals surface area contributed by atoms with Crippen LogP contribution in [0.3, 0.4) is 0 Å². The molecule has 0 radical (unpaired) electrons. The van der Waals surface area contributed by atoms with E-state index in [1.807, 2.05) is 6.92 Å². The number of morpholine rings is 1. The Labute approximate surface area is 175 Å². The fourth-order valence-electron chi connectivity index (χ4n) is 3.28. The molecule has 2 N–H and O–H groups in total. The highest BCUT2D eigenvalue weighted by Gasteiger charge is 2.21. The van der Waals surface area contributed by atoms with Gasteiger partial charge in [-0.1, -0.05) is 13.8 Å². The molecule has 1 fully saturated rings. The quantitative estimate of drug-likeness (QED) is 0.684. The Morgan fingerprint density at radius 1 is 1.39 bits per heavy atom. The number of nitrogens with one attached hydrogen (secondary N) is 2. The van der Waals surface area contributed by atoms with Gasteiger partial charge in [-0.25, -0.2) is 9.78 Å². The van der Waals surface area contributed by atoms with Crippen molar-refractivity contribution < 1.29 is 9.53 Å². The van der Waals surface area contributed by atoms with E-state index in [0.29, 0.717) is 19.0 Å². The average Bonchev–Trinajstić information content (AvgIpc) is 3.29. The molecule has 2 aromatic heterocycles. The number of amides is 2. The van der Waals surface area contributed by atoms with Crippen LogP contribution in [0.5, 0.6) is 0 Å². The predicted octanol–water partition coefficient (Wildman–Crippen LogP) is 3.38. The second kappa shape index (κ2) is 10.3. The number of rotatable bonds is 8. The van der Waals surface area contributed by atoms with Crippen molar-refractivity contribution in [1.82, 2.24) is 20.5 Å². The molecule has 1 aliphatic rings. The lowest BCUT2D eigenvalue weighted by atomic mass is 10.2. The van der Waals surface area contributed by atoms with Crippen molar-refractivity contribution in [2.24, 2.45) is 5.92 Å². The maximum absolute atomic E-state index is 12.1. The first-order valence-electron chi connectivity index (χ1n) is 9.86. The number of hydrogen-bond donors (Lipinski definition) is 2. The predicted molar refractivity (Wildman–Crippen MR) is 116 cm³/mol. The summed E-state index contributed by atoms with van der Waals surface area (Å²) < 4.78 is 5.77. The lowest BCUT2D eigenvalue weighted by Gasteiger charge is -2.33. The topological polar surface area (TPSA) is 66.5 Å². The van der Waals surface area contributed by atoms with Crippen molar-refractivity contribution in [2.45, 2.75) is 33.3 Å². The first-order chi connectivity index (χ1) is 13.5. The number of aromatic nitrogens is 1. The minimum absolute atomic E-state index is 0.0691. The molecule has 1 saturated heterocycles. The molecule has 1 unspecified atom stereocenters. The molecule has 6 nitrogen and oxygen atoms in total. The number of thiophene rings is 1. The molecule has 0 aliphatic carbocycles. The van der Waals surface area contributed by atoms with Crippen molar-refractivity contribution >= 4 is 28.7 Å². The van der Waals surface area contributed by atoms with Gasteiger partial charge < -0.3 is 15.4 Å². The fraction of sp³-hybridized carbons (Fsp3) is 0.600. The lowest BCUT2D eigenvalue weighted by Crippen LogP contribution is -2.49. The van der Waals surface area contributed by atoms with Crippen LogP contribution in [0.25, 0.3) is 10.6 Å². The maximum Gasteiger partial charge on any atom is 0.314 e. The molecule has 8 heteroatoms. The Morgan fingerprint density at radius 2 is 2.25 bits per heavy atom. The molecule has 1 atom stereocenters. The van der Waals surface area contributed by atoms with Crippen LogP contribution in [0.4, 0.5) is 4.79 Å². The molecule has 154 valence electrons. The summed E-state index contributed by atoms with van der Waals surface area (Å²) in [5.74, 6) is 0.646. The maximum atomic E-state index is 12.1. The third kappa shape index (κ3) is 6.55. The van der Waals surface area contributed by atoms with Crippen LogP contribution in [0, 0.1) is 12.8 Å². The highest BCUT2D eigenvalue weighted by Crippen LogP contribution is 2.29. The molecular formula is C20H30N4O2S2. The Hall–Kier alpha value is -1.48. The van der Waals surface area contributed by atoms with Crippen LogP contribution in [0.2, 0.25) is 0 Å². The summed E-state index contributed by atoms with van der Waals surface area (Å²) in [5.41, 5.74) is 1.04. The van der Waals surface area contributed by atoms with Gasteiger partial charge in [0.25, 0.3) is 0 Å². The second-order valence-corrected chi connectivity index (χ2v) is 9.78. The Balaban J connectivity index is 1.34. The molecule has 0 bridgehead atoms. The van der Waals surface area contributed by atoms with Gasteiger partial charge in [-0.2, -0.15) is 0 Å². The number of hydrogen-bond acceptors (Lipinski definition) is 6. The Morgan fingerprint density at radius 3 is 3.00 bits per heavy atom. The molecule has 0 aromatic carbocycles. The van der Waals surface area contributed by atoms with E-state index in [0.717, 1.165) is 43.4 Å². The highest BCUT2D eigenvalue weighted by molar-refractivity contribution is 7.16. The third-order valence-corrected chi connectivity index (χ3v) is 6.47. The SMILES string of the molecule is Cc1nc(-c2ccc(CCNC(=O)NCC3CN(CC(C)C)CCO3)s2)cs1. The molecular weight excluding hydrogens is 392 g/mol. The molecule has 3 heterocycles. The summed E-state index contributed by atoms with van der Waals surface area (Å²) in [7, 11) is 0. The molecule has 3 rings (SSSR count). The molecule has 28 heavy (non-hydrogen) atoms. The summed E-state index contributed by atoms with van der Waals surface area (Å²) in [6.07, 6.45) is 0.892. The number of aryl methyl sites for hydroxylation is 1. The second-order valence-electron chi connectivity index (χ2n) is 7.55. The summed E-state index contributed by atoms with van der Waals surface area (Å²) >= 11 is 3.41. The van der Waals surface area contributed by atoms with E-state index in [4.69, 9.17) is 4.74 Å². The van der Waals surface area contributed by atoms with Gasteiger partial charge in [0.1, 0.15) is 0 Å². The first kappa shape index (κ1) is 21.2. The third-order valence-electron chi connectivity index (χ3n) is 4.53. The minimum atomic E-state index is -0.128. The number of carbonyl (C=O) groups excluding carboxylic acids is 1. The zero-order valence-corrected chi connectivity index (χ0v) is 18.5. The van der Waals surface area contributed by atoms with Crippen LogP contribution in [0.1, 0.15) is 23.7 Å². The van der Waals surface area contributed by atoms with E-state index < -0.39 is 0 Å². The highest BCUT2D eigenvalue weighted by atomic mass is 32.1. The largest absolute Gasteiger partial charge is 0.374 e. The van der Waals surface area contributed by atoms with Crippen LogP contribution >= 0.6 is 22.7 Å². The van der Waals surface area contributed by atoms with Crippen LogP contribution in [0.15, 0.2) is 17.5 Å². The molecule has 0 saturated carbocycles. The Bertz CT molecular complexity index is 759. The number of urea groups is 1. The number of nitrogens with zero attached hydrogens (tertiary/aromatic N) is 2. The molecule has 0 spiro atoms. The summed E-state index contributed by atoms with van der Waals surface area (Å²) in [6.45, 7) is 11.3. The van der Waals surface area contributed by atoms with E-state index in [2.05, 4.69) is 51.9 Å². The van der Waals surface area contributed by atoms with Gasteiger partial charge in [-0.05, 0) is 31.4 Å². The van der Waals surface area contributed by atoms with Gasteiger partial charge in [0.15, 0.2) is 0 Å². The monoisotopic (exact) mass is 422 g/mol. The van der Waals surface area contributed by atoms with E-state index in [1.165, 1.54) is 9.75 Å². The van der Waals surface area contributed by atoms with E-state index >= 15 is 0 Å². The van der Waals surface area contributed by atoms with Crippen molar-refractivity contribution in [2.75, 3.05) is 39.3 Å². The average molecular weight is 423 g/mol. The van der Waals surface area contributed by atoms with Crippen molar-refractivity contribution in [1.29, 1.82) is 0 Å². The van der Waals surface area contributed by atoms with Gasteiger partial charge in [0, 0.05) is 43.0 Å². The van der Waals surface area contributed by atoms with Crippen molar-refractivity contribution in [3.05, 3.63) is 27.4 Å². The van der Waals surface area contributed by atoms with Crippen LogP contribution in [-0.2, 0) is 11.2 Å². The van der Waals surface area contributed by atoms with E-state index in [1.54, 1.807) is 22.7 Å². The first-order valence-corrected chi connectivity index (χ1v) is 11.6. The zero-order valence-electron chi connectivity index (χ0n) is 16.9. The summed E-state index contributed by atoms with van der Waals surface area (Å²) in [6, 6.07) is 4.10. The minimum Gasteiger partial charge on any atom is -0.374 e. The number of thiazole rings is 1. The summed E-state index contributed by atoms with van der Waals surface area (Å²) in [4.78, 5) is 21.4. The number of ether oxygens (including phenoxy) is 1. The number of carbonyl (C=O) groups is 1. The van der Waals surface area contributed by atoms with Crippen LogP contribution in [-0.4, -0.2) is 61.3 Å². The van der Waals surface area contributed by atoms with Gasteiger partial charge in [0.2, 0.25) is 0 Å². The smallest absolute Gasteiger partial charge is 0.314 e. The fourth-order valence-corrected chi connectivity index (χ4v) is 4.94. The van der Waals surface area contributed by atoms with Crippen molar-refractivity contribution in [3.63, 3.8) is 0 Å². The molecule has 1 aliphatic heterocycles. The molecule has 2 aromatic rings.